The number of halogens is 3. The molecular weight excluding hydrogens is 266 g/mol. The van der Waals surface area contributed by atoms with Gasteiger partial charge in [-0.2, -0.15) is 0 Å². The first kappa shape index (κ1) is 12.1. The minimum atomic E-state index is -0.966. The van der Waals surface area contributed by atoms with Crippen molar-refractivity contribution in [3.8, 4) is 0 Å². The monoisotopic (exact) mass is 272 g/mol. The number of benzene rings is 1. The second-order valence-electron chi connectivity index (χ2n) is 3.20. The Kier molecular flexibility index (Phi) is 3.49. The normalized spacial score (nSPS) is 10.5. The molecule has 88 valence electrons. The van der Waals surface area contributed by atoms with Crippen molar-refractivity contribution in [2.45, 2.75) is 9.92 Å². The molecule has 1 aromatic carbocycles. The second kappa shape index (κ2) is 4.89. The zero-order valence-corrected chi connectivity index (χ0v) is 10.0. The summed E-state index contributed by atoms with van der Waals surface area (Å²) in [7, 11) is 0. The second-order valence-corrected chi connectivity index (χ2v) is 4.66. The van der Waals surface area contributed by atoms with Crippen LogP contribution in [0.5, 0.6) is 0 Å². The topological polar surface area (TPSA) is 38.9 Å². The number of pyridine rings is 1. The van der Waals surface area contributed by atoms with Crippen molar-refractivity contribution in [1.82, 2.24) is 4.98 Å². The third kappa shape index (κ3) is 2.68. The zero-order chi connectivity index (χ0) is 12.4. The maximum atomic E-state index is 13.5. The van der Waals surface area contributed by atoms with Crippen LogP contribution in [0.1, 0.15) is 0 Å². The first-order chi connectivity index (χ1) is 8.08. The Bertz CT molecular complexity index is 546. The van der Waals surface area contributed by atoms with Crippen LogP contribution >= 0.6 is 23.4 Å². The van der Waals surface area contributed by atoms with Crippen LogP contribution in [0.4, 0.5) is 14.5 Å². The maximum Gasteiger partial charge on any atom is 0.174 e. The summed E-state index contributed by atoms with van der Waals surface area (Å²) in [5.41, 5.74) is 5.76. The van der Waals surface area contributed by atoms with Crippen molar-refractivity contribution in [3.05, 3.63) is 47.1 Å². The summed E-state index contributed by atoms with van der Waals surface area (Å²) in [6.07, 6.45) is 1.43. The summed E-state index contributed by atoms with van der Waals surface area (Å²) >= 11 is 6.63. The summed E-state index contributed by atoms with van der Waals surface area (Å²) < 4.78 is 26.5. The number of nitrogens with two attached hydrogens (primary N) is 1. The molecule has 0 spiro atoms. The average molecular weight is 273 g/mol. The Morgan fingerprint density at radius 2 is 1.94 bits per heavy atom. The molecule has 0 bridgehead atoms. The number of aromatic nitrogens is 1. The quantitative estimate of drug-likeness (QED) is 0.847. The van der Waals surface area contributed by atoms with Crippen LogP contribution in [-0.4, -0.2) is 4.98 Å². The Morgan fingerprint density at radius 3 is 2.59 bits per heavy atom. The van der Waals surface area contributed by atoms with E-state index in [4.69, 9.17) is 17.3 Å². The van der Waals surface area contributed by atoms with E-state index in [1.165, 1.54) is 12.3 Å². The predicted octanol–water partition coefficient (Wildman–Crippen LogP) is 3.75. The van der Waals surface area contributed by atoms with Gasteiger partial charge in [0.1, 0.15) is 5.03 Å². The Morgan fingerprint density at radius 1 is 1.18 bits per heavy atom. The van der Waals surface area contributed by atoms with Gasteiger partial charge in [0.25, 0.3) is 0 Å². The molecule has 1 heterocycles. The van der Waals surface area contributed by atoms with Crippen LogP contribution in [0.3, 0.4) is 0 Å². The van der Waals surface area contributed by atoms with Gasteiger partial charge in [0, 0.05) is 11.9 Å². The van der Waals surface area contributed by atoms with Crippen LogP contribution < -0.4 is 5.73 Å². The van der Waals surface area contributed by atoms with Crippen LogP contribution in [-0.2, 0) is 0 Å². The van der Waals surface area contributed by atoms with E-state index in [1.807, 2.05) is 0 Å². The number of hydrogen-bond donors (Lipinski definition) is 1. The van der Waals surface area contributed by atoms with E-state index >= 15 is 0 Å². The summed E-state index contributed by atoms with van der Waals surface area (Å²) in [5.74, 6) is -1.90. The highest BCUT2D eigenvalue weighted by molar-refractivity contribution is 7.99. The number of hydrogen-bond acceptors (Lipinski definition) is 3. The minimum absolute atomic E-state index is 0.0276. The van der Waals surface area contributed by atoms with Gasteiger partial charge in [0.05, 0.1) is 9.92 Å². The van der Waals surface area contributed by atoms with Crippen LogP contribution in [0.25, 0.3) is 0 Å². The molecular formula is C11H7ClF2N2S. The molecule has 0 saturated heterocycles. The molecule has 17 heavy (non-hydrogen) atoms. The van der Waals surface area contributed by atoms with Crippen molar-refractivity contribution in [1.29, 1.82) is 0 Å². The molecule has 0 radical (unpaired) electrons. The van der Waals surface area contributed by atoms with E-state index < -0.39 is 11.6 Å². The molecule has 0 aliphatic rings. The fourth-order valence-electron chi connectivity index (χ4n) is 1.18. The molecule has 2 aromatic rings. The molecule has 0 fully saturated rings. The summed E-state index contributed by atoms with van der Waals surface area (Å²) in [5, 5.41) is 0.965. The largest absolute Gasteiger partial charge is 0.398 e. The average Bonchev–Trinajstić information content (AvgIpc) is 2.32. The molecule has 0 atom stereocenters. The minimum Gasteiger partial charge on any atom is -0.398 e. The lowest BCUT2D eigenvalue weighted by Crippen LogP contribution is -1.95. The van der Waals surface area contributed by atoms with Gasteiger partial charge in [-0.1, -0.05) is 23.4 Å². The molecule has 6 heteroatoms. The number of nitrogens with zero attached hydrogens (tertiary/aromatic N) is 1. The molecule has 0 amide bonds. The van der Waals surface area contributed by atoms with Crippen molar-refractivity contribution in [2.24, 2.45) is 0 Å². The van der Waals surface area contributed by atoms with Gasteiger partial charge in [-0.3, -0.25) is 0 Å². The smallest absolute Gasteiger partial charge is 0.174 e. The summed E-state index contributed by atoms with van der Waals surface area (Å²) in [4.78, 5) is 4.00. The molecule has 0 unspecified atom stereocenters. The zero-order valence-electron chi connectivity index (χ0n) is 8.45. The Hall–Kier alpha value is -1.33. The predicted molar refractivity (Wildman–Crippen MR) is 64.1 cm³/mol. The summed E-state index contributed by atoms with van der Waals surface area (Å²) in [6, 6.07) is 5.53. The molecule has 2 rings (SSSR count). The third-order valence-corrected chi connectivity index (χ3v) is 3.28. The SMILES string of the molecule is Nc1ccc(F)c(F)c1Sc1ccc(Cl)cn1. The lowest BCUT2D eigenvalue weighted by Gasteiger charge is -2.06. The Balaban J connectivity index is 2.36. The highest BCUT2D eigenvalue weighted by Crippen LogP contribution is 2.34. The van der Waals surface area contributed by atoms with Gasteiger partial charge in [0.15, 0.2) is 11.6 Å². The van der Waals surface area contributed by atoms with Gasteiger partial charge in [-0.15, -0.1) is 0 Å². The maximum absolute atomic E-state index is 13.5. The highest BCUT2D eigenvalue weighted by atomic mass is 35.5. The molecule has 2 nitrogen and oxygen atoms in total. The van der Waals surface area contributed by atoms with E-state index in [-0.39, 0.29) is 10.6 Å². The van der Waals surface area contributed by atoms with Crippen LogP contribution in [0.2, 0.25) is 5.02 Å². The summed E-state index contributed by atoms with van der Waals surface area (Å²) in [6.45, 7) is 0. The lowest BCUT2D eigenvalue weighted by molar-refractivity contribution is 0.492. The van der Waals surface area contributed by atoms with Crippen LogP contribution in [0.15, 0.2) is 40.4 Å². The van der Waals surface area contributed by atoms with Crippen molar-refractivity contribution >= 4 is 29.1 Å². The van der Waals surface area contributed by atoms with Gasteiger partial charge >= 0.3 is 0 Å². The van der Waals surface area contributed by atoms with Gasteiger partial charge < -0.3 is 5.73 Å². The molecule has 2 N–H and O–H groups in total. The van der Waals surface area contributed by atoms with E-state index in [0.717, 1.165) is 17.8 Å². The Labute approximate surface area is 106 Å². The number of anilines is 1. The molecule has 0 aliphatic carbocycles. The third-order valence-electron chi connectivity index (χ3n) is 1.99. The lowest BCUT2D eigenvalue weighted by atomic mass is 10.3. The number of rotatable bonds is 2. The van der Waals surface area contributed by atoms with Crippen molar-refractivity contribution in [3.63, 3.8) is 0 Å². The molecule has 0 saturated carbocycles. The fraction of sp³-hybridized carbons (Fsp3) is 0. The van der Waals surface area contributed by atoms with Gasteiger partial charge in [0.2, 0.25) is 0 Å². The first-order valence-corrected chi connectivity index (χ1v) is 5.80. The first-order valence-electron chi connectivity index (χ1n) is 4.61. The standard InChI is InChI=1S/C11H7ClF2N2S/c12-6-1-4-9(16-5-6)17-11-8(15)3-2-7(13)10(11)14/h1-5H,15H2. The van der Waals surface area contributed by atoms with Crippen LogP contribution in [0, 0.1) is 11.6 Å². The highest BCUT2D eigenvalue weighted by Gasteiger charge is 2.13. The van der Waals surface area contributed by atoms with E-state index in [0.29, 0.717) is 10.0 Å². The fourth-order valence-corrected chi connectivity index (χ4v) is 2.11. The van der Waals surface area contributed by atoms with E-state index in [2.05, 4.69) is 4.98 Å². The number of nitrogen functional groups attached to an aromatic ring is 1. The van der Waals surface area contributed by atoms with Gasteiger partial charge in [-0.25, -0.2) is 13.8 Å². The molecule has 0 aliphatic heterocycles. The van der Waals surface area contributed by atoms with Crippen molar-refractivity contribution < 1.29 is 8.78 Å². The van der Waals surface area contributed by atoms with E-state index in [1.54, 1.807) is 12.1 Å². The van der Waals surface area contributed by atoms with E-state index in [9.17, 15) is 8.78 Å². The van der Waals surface area contributed by atoms with Gasteiger partial charge in [-0.05, 0) is 24.3 Å². The van der Waals surface area contributed by atoms with Crippen molar-refractivity contribution in [2.75, 3.05) is 5.73 Å². The molecule has 1 aromatic heterocycles.